The van der Waals surface area contributed by atoms with Gasteiger partial charge >= 0.3 is 0 Å². The van der Waals surface area contributed by atoms with E-state index in [0.29, 0.717) is 12.3 Å². The molecule has 0 spiro atoms. The largest absolute Gasteiger partial charge is 0.389 e. The van der Waals surface area contributed by atoms with Crippen molar-refractivity contribution >= 4 is 0 Å². The Kier molecular flexibility index (Phi) is 4.95. The second kappa shape index (κ2) is 5.24. The first-order valence-electron chi connectivity index (χ1n) is 3.64. The fourth-order valence-corrected chi connectivity index (χ4v) is 0.600. The zero-order valence-electron chi connectivity index (χ0n) is 6.75. The topological polar surface area (TPSA) is 20.2 Å². The first-order chi connectivity index (χ1) is 4.66. The molecule has 1 nitrogen and oxygen atoms in total. The highest BCUT2D eigenvalue weighted by atomic mass is 16.3. The summed E-state index contributed by atoms with van der Waals surface area (Å²) in [4.78, 5) is 0. The number of rotatable bonds is 4. The molecule has 0 fully saturated rings. The average Bonchev–Trinajstić information content (AvgIpc) is 1.85. The molecule has 0 radical (unpaired) electrons. The third-order valence-electron chi connectivity index (χ3n) is 1.13. The van der Waals surface area contributed by atoms with Gasteiger partial charge < -0.3 is 5.11 Å². The lowest BCUT2D eigenvalue weighted by molar-refractivity contribution is 0.226. The van der Waals surface area contributed by atoms with Crippen LogP contribution in [0.3, 0.4) is 0 Å². The minimum atomic E-state index is -0.347. The number of hydrogen-bond acceptors (Lipinski definition) is 1. The smallest absolute Gasteiger partial charge is 0.0755 e. The van der Waals surface area contributed by atoms with Crippen LogP contribution in [-0.4, -0.2) is 11.2 Å². The highest BCUT2D eigenvalue weighted by Gasteiger charge is 1.93. The minimum Gasteiger partial charge on any atom is -0.389 e. The molecule has 0 aliphatic heterocycles. The maximum absolute atomic E-state index is 9.14. The predicted octanol–water partition coefficient (Wildman–Crippen LogP) is 2.14. The van der Waals surface area contributed by atoms with Gasteiger partial charge in [0.25, 0.3) is 0 Å². The zero-order valence-corrected chi connectivity index (χ0v) is 6.75. The fourth-order valence-electron chi connectivity index (χ4n) is 0.600. The van der Waals surface area contributed by atoms with E-state index in [1.807, 2.05) is 12.2 Å². The van der Waals surface area contributed by atoms with Crippen molar-refractivity contribution in [3.63, 3.8) is 0 Å². The van der Waals surface area contributed by atoms with Gasteiger partial charge in [0, 0.05) is 0 Å². The summed E-state index contributed by atoms with van der Waals surface area (Å²) in [6.07, 6.45) is 5.82. The summed E-state index contributed by atoms with van der Waals surface area (Å²) < 4.78 is 0. The van der Waals surface area contributed by atoms with E-state index in [0.717, 1.165) is 0 Å². The molecule has 10 heavy (non-hydrogen) atoms. The van der Waals surface area contributed by atoms with Crippen LogP contribution in [0.2, 0.25) is 0 Å². The molecule has 0 bridgehead atoms. The van der Waals surface area contributed by atoms with Crippen molar-refractivity contribution in [2.75, 3.05) is 0 Å². The number of aliphatic hydroxyl groups excluding tert-OH is 1. The van der Waals surface area contributed by atoms with Crippen LogP contribution >= 0.6 is 0 Å². The molecule has 1 N–H and O–H groups in total. The third kappa shape index (κ3) is 5.57. The van der Waals surface area contributed by atoms with Crippen LogP contribution in [0.5, 0.6) is 0 Å². The Hall–Kier alpha value is -0.560. The molecule has 0 unspecified atom stereocenters. The van der Waals surface area contributed by atoms with Gasteiger partial charge in [-0.1, -0.05) is 32.1 Å². The summed E-state index contributed by atoms with van der Waals surface area (Å²) in [6, 6.07) is 0. The van der Waals surface area contributed by atoms with E-state index in [1.54, 1.807) is 6.08 Å². The molecule has 0 amide bonds. The first kappa shape index (κ1) is 9.44. The van der Waals surface area contributed by atoms with E-state index in [4.69, 9.17) is 5.11 Å². The van der Waals surface area contributed by atoms with Crippen LogP contribution in [0.25, 0.3) is 0 Å². The predicted molar refractivity (Wildman–Crippen MR) is 44.8 cm³/mol. The van der Waals surface area contributed by atoms with Gasteiger partial charge in [-0.2, -0.15) is 0 Å². The molecule has 0 heterocycles. The second-order valence-corrected chi connectivity index (χ2v) is 2.72. The minimum absolute atomic E-state index is 0.347. The standard InChI is InChI=1S/C9H16O/c1-4-5-9(10)7-6-8(2)3/h4,6-10H,1,5H2,2-3H3/b7-6+/t9-/m1/s1. The average molecular weight is 140 g/mol. The van der Waals surface area contributed by atoms with Crippen LogP contribution in [0.1, 0.15) is 20.3 Å². The molecule has 0 saturated heterocycles. The van der Waals surface area contributed by atoms with Crippen LogP contribution in [0.4, 0.5) is 0 Å². The van der Waals surface area contributed by atoms with Gasteiger partial charge in [-0.25, -0.2) is 0 Å². The Labute approximate surface area is 63.1 Å². The van der Waals surface area contributed by atoms with Crippen LogP contribution < -0.4 is 0 Å². The Morgan fingerprint density at radius 2 is 2.00 bits per heavy atom. The van der Waals surface area contributed by atoms with Gasteiger partial charge in [0.2, 0.25) is 0 Å². The van der Waals surface area contributed by atoms with E-state index in [1.165, 1.54) is 0 Å². The van der Waals surface area contributed by atoms with Crippen LogP contribution in [0.15, 0.2) is 24.8 Å². The fraction of sp³-hybridized carbons (Fsp3) is 0.556. The van der Waals surface area contributed by atoms with Crippen LogP contribution in [0, 0.1) is 5.92 Å². The molecule has 1 heteroatoms. The molecule has 0 rings (SSSR count). The maximum Gasteiger partial charge on any atom is 0.0755 e. The van der Waals surface area contributed by atoms with E-state index >= 15 is 0 Å². The summed E-state index contributed by atoms with van der Waals surface area (Å²) in [6.45, 7) is 7.69. The van der Waals surface area contributed by atoms with E-state index in [9.17, 15) is 0 Å². The Morgan fingerprint density at radius 3 is 2.40 bits per heavy atom. The normalized spacial score (nSPS) is 14.4. The van der Waals surface area contributed by atoms with Crippen molar-refractivity contribution in [1.29, 1.82) is 0 Å². The number of aliphatic hydroxyl groups is 1. The molecule has 58 valence electrons. The first-order valence-corrected chi connectivity index (χ1v) is 3.64. The molecule has 1 atom stereocenters. The third-order valence-corrected chi connectivity index (χ3v) is 1.13. The van der Waals surface area contributed by atoms with E-state index in [-0.39, 0.29) is 6.10 Å². The summed E-state index contributed by atoms with van der Waals surface area (Å²) >= 11 is 0. The lowest BCUT2D eigenvalue weighted by atomic mass is 10.1. The monoisotopic (exact) mass is 140 g/mol. The molecule has 0 aliphatic rings. The van der Waals surface area contributed by atoms with Gasteiger partial charge in [0.1, 0.15) is 0 Å². The molecule has 0 aromatic carbocycles. The van der Waals surface area contributed by atoms with Crippen molar-refractivity contribution in [2.24, 2.45) is 5.92 Å². The number of hydrogen-bond donors (Lipinski definition) is 1. The summed E-state index contributed by atoms with van der Waals surface area (Å²) in [7, 11) is 0. The number of allylic oxidation sites excluding steroid dienone is 1. The molecule has 0 aliphatic carbocycles. The summed E-state index contributed by atoms with van der Waals surface area (Å²) in [5, 5.41) is 9.14. The van der Waals surface area contributed by atoms with Gasteiger partial charge in [-0.3, -0.25) is 0 Å². The summed E-state index contributed by atoms with van der Waals surface area (Å²) in [5.41, 5.74) is 0. The molecule has 0 aromatic heterocycles. The van der Waals surface area contributed by atoms with Crippen molar-refractivity contribution in [3.05, 3.63) is 24.8 Å². The van der Waals surface area contributed by atoms with Gasteiger partial charge in [0.15, 0.2) is 0 Å². The lowest BCUT2D eigenvalue weighted by Crippen LogP contribution is -1.99. The second-order valence-electron chi connectivity index (χ2n) is 2.72. The summed E-state index contributed by atoms with van der Waals surface area (Å²) in [5.74, 6) is 0.513. The van der Waals surface area contributed by atoms with Crippen molar-refractivity contribution in [3.8, 4) is 0 Å². The van der Waals surface area contributed by atoms with Crippen molar-refractivity contribution in [1.82, 2.24) is 0 Å². The highest BCUT2D eigenvalue weighted by Crippen LogP contribution is 1.98. The Balaban J connectivity index is 3.54. The zero-order chi connectivity index (χ0) is 7.98. The molecule has 0 aromatic rings. The van der Waals surface area contributed by atoms with Crippen molar-refractivity contribution < 1.29 is 5.11 Å². The van der Waals surface area contributed by atoms with Gasteiger partial charge in [-0.15, -0.1) is 6.58 Å². The molecule has 0 saturated carbocycles. The van der Waals surface area contributed by atoms with E-state index in [2.05, 4.69) is 20.4 Å². The quantitative estimate of drug-likeness (QED) is 0.593. The SMILES string of the molecule is C=CC[C@@H](O)/C=C/C(C)C. The van der Waals surface area contributed by atoms with Crippen LogP contribution in [-0.2, 0) is 0 Å². The molecular weight excluding hydrogens is 124 g/mol. The van der Waals surface area contributed by atoms with Crippen molar-refractivity contribution in [2.45, 2.75) is 26.4 Å². The molecular formula is C9H16O. The van der Waals surface area contributed by atoms with Gasteiger partial charge in [-0.05, 0) is 12.3 Å². The maximum atomic E-state index is 9.14. The Morgan fingerprint density at radius 1 is 1.40 bits per heavy atom. The van der Waals surface area contributed by atoms with E-state index < -0.39 is 0 Å². The Bertz CT molecular complexity index is 114. The van der Waals surface area contributed by atoms with Gasteiger partial charge in [0.05, 0.1) is 6.10 Å². The highest BCUT2D eigenvalue weighted by molar-refractivity contribution is 4.93. The lowest BCUT2D eigenvalue weighted by Gasteiger charge is -2.00.